The van der Waals surface area contributed by atoms with E-state index in [1.807, 2.05) is 60.1 Å². The van der Waals surface area contributed by atoms with Gasteiger partial charge in [0.15, 0.2) is 0 Å². The average molecular weight is 496 g/mol. The van der Waals surface area contributed by atoms with Crippen LogP contribution in [0.25, 0.3) is 16.6 Å². The Bertz CT molecular complexity index is 1510. The maximum atomic E-state index is 13.2. The third-order valence-corrected chi connectivity index (χ3v) is 7.49. The number of nitrogens with one attached hydrogen (secondary N) is 1. The van der Waals surface area contributed by atoms with E-state index in [0.717, 1.165) is 46.4 Å². The van der Waals surface area contributed by atoms with Crippen molar-refractivity contribution in [1.82, 2.24) is 20.1 Å². The van der Waals surface area contributed by atoms with Crippen LogP contribution in [0.15, 0.2) is 67.0 Å². The fraction of sp³-hybridized carbons (Fsp3) is 0.310. The second-order valence-corrected chi connectivity index (χ2v) is 10.3. The van der Waals surface area contributed by atoms with E-state index in [9.17, 15) is 14.7 Å². The van der Waals surface area contributed by atoms with Crippen LogP contribution in [0.3, 0.4) is 0 Å². The van der Waals surface area contributed by atoms with Crippen LogP contribution < -0.4 is 10.2 Å². The molecule has 1 aliphatic heterocycles. The van der Waals surface area contributed by atoms with E-state index in [1.54, 1.807) is 23.4 Å². The predicted molar refractivity (Wildman–Crippen MR) is 141 cm³/mol. The van der Waals surface area contributed by atoms with Gasteiger partial charge in [-0.1, -0.05) is 18.2 Å². The lowest BCUT2D eigenvalue weighted by Gasteiger charge is -2.39. The highest BCUT2D eigenvalue weighted by Crippen LogP contribution is 2.35. The Kier molecular flexibility index (Phi) is 5.76. The van der Waals surface area contributed by atoms with Gasteiger partial charge in [-0.25, -0.2) is 4.68 Å². The van der Waals surface area contributed by atoms with Crippen molar-refractivity contribution in [3.63, 3.8) is 0 Å². The number of β-amino-alcohol motifs (C(OH)–C–C–N with tert-alkyl or cyclic N) is 1. The SMILES string of the molecule is Cc1cc(-n2ncc3cc(C(=O)NC4CCCC(O)(CN5C(=O)Cc6ccccc65)C4)ccc32)ccn1. The Morgan fingerprint density at radius 3 is 2.92 bits per heavy atom. The van der Waals surface area contributed by atoms with Gasteiger partial charge in [-0.2, -0.15) is 5.10 Å². The van der Waals surface area contributed by atoms with Gasteiger partial charge in [0.2, 0.25) is 5.91 Å². The van der Waals surface area contributed by atoms with Gasteiger partial charge in [0.25, 0.3) is 5.91 Å². The normalized spacial score (nSPS) is 21.3. The largest absolute Gasteiger partial charge is 0.388 e. The highest BCUT2D eigenvalue weighted by atomic mass is 16.3. The lowest BCUT2D eigenvalue weighted by atomic mass is 9.81. The third kappa shape index (κ3) is 4.49. The van der Waals surface area contributed by atoms with Crippen molar-refractivity contribution in [1.29, 1.82) is 0 Å². The van der Waals surface area contributed by atoms with Crippen molar-refractivity contribution in [2.75, 3.05) is 11.4 Å². The number of pyridine rings is 1. The van der Waals surface area contributed by atoms with Crippen molar-refractivity contribution in [2.45, 2.75) is 50.7 Å². The summed E-state index contributed by atoms with van der Waals surface area (Å²) in [7, 11) is 0. The summed E-state index contributed by atoms with van der Waals surface area (Å²) in [4.78, 5) is 31.7. The molecule has 8 nitrogen and oxygen atoms in total. The molecule has 1 aliphatic carbocycles. The number of hydrogen-bond donors (Lipinski definition) is 2. The molecule has 0 spiro atoms. The average Bonchev–Trinajstić information content (AvgIpc) is 3.44. The lowest BCUT2D eigenvalue weighted by Crippen LogP contribution is -2.52. The zero-order valence-electron chi connectivity index (χ0n) is 20.7. The second kappa shape index (κ2) is 9.12. The first-order valence-electron chi connectivity index (χ1n) is 12.7. The summed E-state index contributed by atoms with van der Waals surface area (Å²) in [6, 6.07) is 17.0. The molecule has 2 atom stereocenters. The second-order valence-electron chi connectivity index (χ2n) is 10.3. The Hall–Kier alpha value is -4.04. The summed E-state index contributed by atoms with van der Waals surface area (Å²) in [6.45, 7) is 2.18. The molecular formula is C29H29N5O3. The molecular weight excluding hydrogens is 466 g/mol. The maximum Gasteiger partial charge on any atom is 0.251 e. The molecule has 2 aliphatic rings. The number of anilines is 1. The summed E-state index contributed by atoms with van der Waals surface area (Å²) < 4.78 is 1.84. The van der Waals surface area contributed by atoms with Gasteiger partial charge in [0, 0.05) is 34.6 Å². The molecule has 0 radical (unpaired) electrons. The molecule has 2 aromatic carbocycles. The fourth-order valence-electron chi connectivity index (χ4n) is 5.70. The summed E-state index contributed by atoms with van der Waals surface area (Å²) >= 11 is 0. The molecule has 1 fully saturated rings. The lowest BCUT2D eigenvalue weighted by molar-refractivity contribution is -0.118. The van der Waals surface area contributed by atoms with Gasteiger partial charge >= 0.3 is 0 Å². The monoisotopic (exact) mass is 495 g/mol. The number of aryl methyl sites for hydroxylation is 1. The molecule has 3 heterocycles. The van der Waals surface area contributed by atoms with Crippen LogP contribution in [-0.2, 0) is 11.2 Å². The first-order chi connectivity index (χ1) is 17.9. The van der Waals surface area contributed by atoms with Crippen molar-refractivity contribution in [2.24, 2.45) is 0 Å². The molecule has 2 aromatic heterocycles. The number of fused-ring (bicyclic) bond motifs is 2. The van der Waals surface area contributed by atoms with E-state index < -0.39 is 5.60 Å². The van der Waals surface area contributed by atoms with Gasteiger partial charge in [0.05, 0.1) is 36.0 Å². The minimum atomic E-state index is -1.04. The van der Waals surface area contributed by atoms with Gasteiger partial charge in [-0.15, -0.1) is 0 Å². The smallest absolute Gasteiger partial charge is 0.251 e. The number of nitrogens with zero attached hydrogens (tertiary/aromatic N) is 4. The first kappa shape index (κ1) is 23.4. The van der Waals surface area contributed by atoms with Crippen molar-refractivity contribution >= 4 is 28.4 Å². The quantitative estimate of drug-likeness (QED) is 0.440. The minimum absolute atomic E-state index is 0.0107. The molecule has 1 saturated carbocycles. The van der Waals surface area contributed by atoms with Crippen molar-refractivity contribution in [3.8, 4) is 5.69 Å². The number of benzene rings is 2. The van der Waals surface area contributed by atoms with E-state index in [2.05, 4.69) is 15.4 Å². The number of rotatable bonds is 5. The van der Waals surface area contributed by atoms with Crippen LogP contribution in [0, 0.1) is 6.92 Å². The molecule has 2 unspecified atom stereocenters. The van der Waals surface area contributed by atoms with Crippen LogP contribution >= 0.6 is 0 Å². The number of para-hydroxylation sites is 1. The van der Waals surface area contributed by atoms with Crippen molar-refractivity contribution in [3.05, 3.63) is 83.8 Å². The first-order valence-corrected chi connectivity index (χ1v) is 12.7. The molecule has 2 amide bonds. The standard InChI is InChI=1S/C29H29N5O3/c1-19-13-24(10-12-30-19)34-26-9-8-21(14-22(26)17-31-34)28(36)32-23-6-4-11-29(37,16-23)18-33-25-7-3-2-5-20(25)15-27(33)35/h2-3,5,7-10,12-14,17,23,37H,4,6,11,15-16,18H2,1H3,(H,32,36). The number of hydrogen-bond acceptors (Lipinski definition) is 5. The van der Waals surface area contributed by atoms with E-state index in [-0.39, 0.29) is 24.4 Å². The van der Waals surface area contributed by atoms with Crippen LogP contribution in [0.1, 0.15) is 47.3 Å². The highest BCUT2D eigenvalue weighted by Gasteiger charge is 2.40. The highest BCUT2D eigenvalue weighted by molar-refractivity contribution is 6.01. The van der Waals surface area contributed by atoms with Crippen molar-refractivity contribution < 1.29 is 14.7 Å². The Morgan fingerprint density at radius 2 is 2.05 bits per heavy atom. The van der Waals surface area contributed by atoms with E-state index in [4.69, 9.17) is 0 Å². The molecule has 2 N–H and O–H groups in total. The topological polar surface area (TPSA) is 100 Å². The molecule has 37 heavy (non-hydrogen) atoms. The van der Waals surface area contributed by atoms with Gasteiger partial charge in [0.1, 0.15) is 0 Å². The van der Waals surface area contributed by atoms with Crippen LogP contribution in [-0.4, -0.2) is 49.9 Å². The molecule has 188 valence electrons. The number of aromatic nitrogens is 3. The molecule has 6 rings (SSSR count). The maximum absolute atomic E-state index is 13.2. The van der Waals surface area contributed by atoms with E-state index in [1.165, 1.54) is 0 Å². The van der Waals surface area contributed by atoms with Gasteiger partial charge in [-0.05, 0) is 74.6 Å². The fourth-order valence-corrected chi connectivity index (χ4v) is 5.70. The van der Waals surface area contributed by atoms with Gasteiger partial charge < -0.3 is 15.3 Å². The predicted octanol–water partition coefficient (Wildman–Crippen LogP) is 3.72. The number of carbonyl (C=O) groups excluding carboxylic acids is 2. The van der Waals surface area contributed by atoms with Gasteiger partial charge in [-0.3, -0.25) is 14.6 Å². The summed E-state index contributed by atoms with van der Waals surface area (Å²) in [5, 5.41) is 19.9. The van der Waals surface area contributed by atoms with E-state index in [0.29, 0.717) is 24.8 Å². The van der Waals surface area contributed by atoms with Crippen LogP contribution in [0.2, 0.25) is 0 Å². The summed E-state index contributed by atoms with van der Waals surface area (Å²) in [5.74, 6) is -0.164. The molecule has 0 bridgehead atoms. The van der Waals surface area contributed by atoms with Crippen LogP contribution in [0.4, 0.5) is 5.69 Å². The number of amides is 2. The molecule has 0 saturated heterocycles. The zero-order chi connectivity index (χ0) is 25.6. The molecule has 8 heteroatoms. The van der Waals surface area contributed by atoms with Crippen LogP contribution in [0.5, 0.6) is 0 Å². The Morgan fingerprint density at radius 1 is 1.19 bits per heavy atom. The summed E-state index contributed by atoms with van der Waals surface area (Å²) in [6.07, 6.45) is 6.46. The Labute approximate surface area is 214 Å². The minimum Gasteiger partial charge on any atom is -0.388 e. The number of carbonyl (C=O) groups is 2. The third-order valence-electron chi connectivity index (χ3n) is 7.49. The molecule has 4 aromatic rings. The zero-order valence-corrected chi connectivity index (χ0v) is 20.7. The van der Waals surface area contributed by atoms with E-state index >= 15 is 0 Å². The Balaban J connectivity index is 1.15. The summed E-state index contributed by atoms with van der Waals surface area (Å²) in [5.41, 5.74) is 4.11. The number of aliphatic hydroxyl groups is 1.